The van der Waals surface area contributed by atoms with Gasteiger partial charge in [-0.05, 0) is 22.3 Å². The first-order valence-corrected chi connectivity index (χ1v) is 15.3. The first-order valence-electron chi connectivity index (χ1n) is 12.0. The Labute approximate surface area is 211 Å². The summed E-state index contributed by atoms with van der Waals surface area (Å²) >= 11 is 0. The van der Waals surface area contributed by atoms with Crippen molar-refractivity contribution in [2.75, 3.05) is 0 Å². The van der Waals surface area contributed by atoms with Gasteiger partial charge in [-0.1, -0.05) is 102 Å². The molecule has 2 aromatic rings. The molecule has 0 bridgehead atoms. The van der Waals surface area contributed by atoms with Crippen molar-refractivity contribution in [1.29, 1.82) is 0 Å². The normalized spacial score (nSPS) is 21.6. The van der Waals surface area contributed by atoms with Gasteiger partial charge < -0.3 is 4.43 Å². The number of nitrogens with zero attached hydrogens (tertiary/aromatic N) is 4. The van der Waals surface area contributed by atoms with Gasteiger partial charge in [0.1, 0.15) is 19.3 Å². The van der Waals surface area contributed by atoms with Crippen LogP contribution in [0.5, 0.6) is 0 Å². The van der Waals surface area contributed by atoms with Crippen LogP contribution in [0.3, 0.4) is 0 Å². The number of carbonyl (C=O) groups excluding carboxylic acids is 1. The van der Waals surface area contributed by atoms with Crippen molar-refractivity contribution in [3.8, 4) is 0 Å². The molecule has 4 rings (SSSR count). The molecule has 0 fully saturated rings. The number of amides is 1. The lowest BCUT2D eigenvalue weighted by Gasteiger charge is -2.45. The Hall–Kier alpha value is -2.63. The highest BCUT2D eigenvalue weighted by Gasteiger charge is 2.55. The van der Waals surface area contributed by atoms with Crippen molar-refractivity contribution in [3.05, 3.63) is 71.9 Å². The van der Waals surface area contributed by atoms with E-state index < -0.39 is 16.4 Å². The van der Waals surface area contributed by atoms with Gasteiger partial charge in [0.05, 0.1) is 5.71 Å². The Morgan fingerprint density at radius 3 is 1.89 bits per heavy atom. The SMILES string of the molecule is CC(=O)N1N=C(C)[C@@H]2N=N/C(=C(\O[Si](c3ccccc3)(c3ccccc3)C(C)(C)C)C(C)(C)C)[P@]21. The Kier molecular flexibility index (Phi) is 6.62. The fraction of sp³-hybridized carbons (Fsp3) is 0.407. The average molecular weight is 507 g/mol. The van der Waals surface area contributed by atoms with E-state index in [9.17, 15) is 4.79 Å². The summed E-state index contributed by atoms with van der Waals surface area (Å²) < 4.78 is 9.08. The summed E-state index contributed by atoms with van der Waals surface area (Å²) in [7, 11) is -4.10. The molecule has 2 aliphatic rings. The molecule has 2 aliphatic heterocycles. The number of allylic oxidation sites excluding steroid dienone is 1. The molecule has 2 heterocycles. The molecule has 6 nitrogen and oxygen atoms in total. The van der Waals surface area contributed by atoms with Crippen LogP contribution in [-0.4, -0.2) is 30.5 Å². The molecule has 2 atom stereocenters. The number of hydrazone groups is 1. The zero-order valence-corrected chi connectivity index (χ0v) is 23.8. The number of fused-ring (bicyclic) bond motifs is 1. The lowest BCUT2D eigenvalue weighted by molar-refractivity contribution is -0.124. The van der Waals surface area contributed by atoms with E-state index in [4.69, 9.17) is 4.43 Å². The third kappa shape index (κ3) is 4.40. The molecule has 35 heavy (non-hydrogen) atoms. The van der Waals surface area contributed by atoms with Crippen LogP contribution < -0.4 is 10.4 Å². The highest BCUT2D eigenvalue weighted by molar-refractivity contribution is 7.62. The predicted octanol–water partition coefficient (Wildman–Crippen LogP) is 6.21. The molecule has 0 aromatic heterocycles. The van der Waals surface area contributed by atoms with E-state index in [1.165, 1.54) is 10.4 Å². The molecule has 0 radical (unpaired) electrons. The Bertz CT molecular complexity index is 1160. The van der Waals surface area contributed by atoms with Crippen LogP contribution in [0.4, 0.5) is 0 Å². The minimum absolute atomic E-state index is 0.0959. The number of carbonyl (C=O) groups is 1. The van der Waals surface area contributed by atoms with Crippen LogP contribution in [0.2, 0.25) is 5.04 Å². The molecular formula is C27H35N4O2PSi. The van der Waals surface area contributed by atoms with Crippen molar-refractivity contribution < 1.29 is 9.22 Å². The highest BCUT2D eigenvalue weighted by Crippen LogP contribution is 2.64. The average Bonchev–Trinajstić information content (AvgIpc) is 3.35. The third-order valence-electron chi connectivity index (χ3n) is 6.38. The standard InChI is InChI=1S/C27H35N4O2PSi/c1-19-24-28-29-25(34(24)31(30-19)20(2)32)23(26(3,4)5)33-35(27(6,7)8,21-15-11-9-12-16-21)22-17-13-10-14-18-22/h9-18,24H,1-8H3/b25-23+/t24-,34+/m1/s1. The first kappa shape index (κ1) is 25.5. The Balaban J connectivity index is 1.99. The summed E-state index contributed by atoms with van der Waals surface area (Å²) in [4.78, 5) is 12.5. The summed E-state index contributed by atoms with van der Waals surface area (Å²) in [6, 6.07) is 21.2. The Morgan fingerprint density at radius 1 is 0.943 bits per heavy atom. The topological polar surface area (TPSA) is 66.6 Å². The summed E-state index contributed by atoms with van der Waals surface area (Å²) in [6.07, 6.45) is 0. The lowest BCUT2D eigenvalue weighted by atomic mass is 9.94. The monoisotopic (exact) mass is 506 g/mol. The molecule has 1 amide bonds. The summed E-state index contributed by atoms with van der Waals surface area (Å²) in [5.74, 6) is 0.505. The van der Waals surface area contributed by atoms with Gasteiger partial charge in [-0.25, -0.2) is 4.78 Å². The third-order valence-corrected chi connectivity index (χ3v) is 13.7. The summed E-state index contributed by atoms with van der Waals surface area (Å²) in [6.45, 7) is 16.7. The molecule has 2 aromatic carbocycles. The van der Waals surface area contributed by atoms with Gasteiger partial charge in [0.2, 0.25) is 5.91 Å². The fourth-order valence-corrected chi connectivity index (χ4v) is 11.9. The van der Waals surface area contributed by atoms with Gasteiger partial charge >= 0.3 is 8.32 Å². The molecule has 0 unspecified atom stereocenters. The fourth-order valence-electron chi connectivity index (χ4n) is 4.73. The van der Waals surface area contributed by atoms with Gasteiger partial charge in [-0.15, -0.1) is 5.11 Å². The molecule has 0 saturated heterocycles. The second-order valence-corrected chi connectivity index (χ2v) is 17.4. The van der Waals surface area contributed by atoms with Crippen LogP contribution >= 0.6 is 8.07 Å². The van der Waals surface area contributed by atoms with Crippen LogP contribution in [0.25, 0.3) is 0 Å². The van der Waals surface area contributed by atoms with E-state index >= 15 is 0 Å². The smallest absolute Gasteiger partial charge is 0.319 e. The molecule has 0 spiro atoms. The molecular weight excluding hydrogens is 471 g/mol. The molecule has 0 saturated carbocycles. The van der Waals surface area contributed by atoms with E-state index in [-0.39, 0.29) is 22.1 Å². The maximum atomic E-state index is 12.5. The van der Waals surface area contributed by atoms with Gasteiger partial charge in [-0.3, -0.25) is 4.79 Å². The van der Waals surface area contributed by atoms with E-state index in [2.05, 4.69) is 105 Å². The zero-order valence-electron chi connectivity index (χ0n) is 21.9. The van der Waals surface area contributed by atoms with E-state index in [1.807, 2.05) is 19.1 Å². The number of hydrogen-bond acceptors (Lipinski definition) is 5. The van der Waals surface area contributed by atoms with E-state index in [1.54, 1.807) is 11.7 Å². The van der Waals surface area contributed by atoms with E-state index in [0.29, 0.717) is 0 Å². The highest BCUT2D eigenvalue weighted by atomic mass is 31.1. The lowest BCUT2D eigenvalue weighted by Crippen LogP contribution is -2.66. The van der Waals surface area contributed by atoms with Crippen LogP contribution in [-0.2, 0) is 9.22 Å². The van der Waals surface area contributed by atoms with Gasteiger partial charge in [0.25, 0.3) is 0 Å². The van der Waals surface area contributed by atoms with Crippen LogP contribution in [0, 0.1) is 5.41 Å². The number of azo groups is 1. The number of hydrogen-bond donors (Lipinski definition) is 0. The maximum absolute atomic E-state index is 12.5. The van der Waals surface area contributed by atoms with Gasteiger partial charge in [-0.2, -0.15) is 10.2 Å². The van der Waals surface area contributed by atoms with Crippen molar-refractivity contribution in [1.82, 2.24) is 4.78 Å². The minimum atomic E-state index is -2.89. The molecule has 0 N–H and O–H groups in total. The minimum Gasteiger partial charge on any atom is -0.535 e. The zero-order chi connectivity index (χ0) is 25.6. The quantitative estimate of drug-likeness (QED) is 0.281. The largest absolute Gasteiger partial charge is 0.535 e. The predicted molar refractivity (Wildman–Crippen MR) is 146 cm³/mol. The van der Waals surface area contributed by atoms with Crippen molar-refractivity contribution in [2.45, 2.75) is 66.2 Å². The maximum Gasteiger partial charge on any atom is 0.319 e. The van der Waals surface area contributed by atoms with Crippen LogP contribution in [0.15, 0.2) is 87.2 Å². The second kappa shape index (κ2) is 9.10. The van der Waals surface area contributed by atoms with Crippen molar-refractivity contribution in [3.63, 3.8) is 0 Å². The van der Waals surface area contributed by atoms with Gasteiger partial charge in [0, 0.05) is 12.3 Å². The summed E-state index contributed by atoms with van der Waals surface area (Å²) in [5.41, 5.74) is 1.22. The van der Waals surface area contributed by atoms with Gasteiger partial charge in [0.15, 0.2) is 5.78 Å². The van der Waals surface area contributed by atoms with Crippen LogP contribution in [0.1, 0.15) is 55.4 Å². The van der Waals surface area contributed by atoms with Crippen molar-refractivity contribution >= 4 is 38.4 Å². The number of rotatable bonds is 4. The second-order valence-electron chi connectivity index (χ2n) is 11.2. The Morgan fingerprint density at radius 2 is 1.46 bits per heavy atom. The molecule has 0 aliphatic carbocycles. The van der Waals surface area contributed by atoms with E-state index in [0.717, 1.165) is 16.9 Å². The summed E-state index contributed by atoms with van der Waals surface area (Å²) in [5, 5.41) is 16.0. The molecule has 184 valence electrons. The first-order chi connectivity index (χ1) is 16.4. The molecule has 8 heteroatoms. The van der Waals surface area contributed by atoms with Crippen molar-refractivity contribution in [2.24, 2.45) is 20.7 Å². The number of benzene rings is 2.